The molecule has 1 aromatic heterocycles. The third-order valence-corrected chi connectivity index (χ3v) is 5.34. The van der Waals surface area contributed by atoms with Crippen molar-refractivity contribution in [2.45, 2.75) is 50.0 Å². The zero-order valence-electron chi connectivity index (χ0n) is 13.5. The summed E-state index contributed by atoms with van der Waals surface area (Å²) >= 11 is 6.04. The molecule has 2 atom stereocenters. The van der Waals surface area contributed by atoms with Gasteiger partial charge in [0.15, 0.2) is 0 Å². The molecule has 1 saturated carbocycles. The van der Waals surface area contributed by atoms with Crippen LogP contribution < -0.4 is 5.32 Å². The van der Waals surface area contributed by atoms with Crippen LogP contribution in [-0.4, -0.2) is 16.9 Å². The van der Waals surface area contributed by atoms with Crippen LogP contribution in [0.3, 0.4) is 0 Å². The molecule has 4 heteroatoms. The van der Waals surface area contributed by atoms with Crippen molar-refractivity contribution in [3.8, 4) is 0 Å². The Morgan fingerprint density at radius 3 is 2.50 bits per heavy atom. The Labute approximate surface area is 147 Å². The molecule has 1 N–H and O–H groups in total. The van der Waals surface area contributed by atoms with E-state index in [1.165, 1.54) is 24.0 Å². The summed E-state index contributed by atoms with van der Waals surface area (Å²) in [6, 6.07) is 12.6. The molecule has 3 nitrogen and oxygen atoms in total. The fourth-order valence-corrected chi connectivity index (χ4v) is 3.67. The maximum atomic E-state index is 11.5. The first-order chi connectivity index (χ1) is 11.7. The van der Waals surface area contributed by atoms with Gasteiger partial charge in [-0.25, -0.2) is 0 Å². The Morgan fingerprint density at radius 1 is 1.12 bits per heavy atom. The molecule has 0 bridgehead atoms. The number of hydrogen-bond donors (Lipinski definition) is 1. The number of nitrogens with zero attached hydrogens (tertiary/aromatic N) is 1. The minimum Gasteiger partial charge on any atom is -0.353 e. The third kappa shape index (κ3) is 3.46. The van der Waals surface area contributed by atoms with Gasteiger partial charge in [0, 0.05) is 35.3 Å². The molecule has 1 aliphatic carbocycles. The van der Waals surface area contributed by atoms with Gasteiger partial charge >= 0.3 is 0 Å². The Kier molecular flexibility index (Phi) is 4.28. The molecule has 2 aromatic rings. The normalized spacial score (nSPS) is 21.5. The first-order valence-corrected chi connectivity index (χ1v) is 9.07. The summed E-state index contributed by atoms with van der Waals surface area (Å²) in [4.78, 5) is 16.3. The van der Waals surface area contributed by atoms with Crippen molar-refractivity contribution in [2.75, 3.05) is 0 Å². The molecule has 0 spiro atoms. The van der Waals surface area contributed by atoms with Gasteiger partial charge in [0.25, 0.3) is 0 Å². The molecule has 1 amide bonds. The van der Waals surface area contributed by atoms with Gasteiger partial charge < -0.3 is 5.32 Å². The quantitative estimate of drug-likeness (QED) is 0.875. The van der Waals surface area contributed by atoms with E-state index in [2.05, 4.69) is 29.6 Å². The van der Waals surface area contributed by atoms with Gasteiger partial charge in [0.1, 0.15) is 0 Å². The maximum Gasteiger partial charge on any atom is 0.220 e. The smallest absolute Gasteiger partial charge is 0.220 e. The average Bonchev–Trinajstić information content (AvgIpc) is 3.37. The number of amides is 1. The summed E-state index contributed by atoms with van der Waals surface area (Å²) in [7, 11) is 0. The van der Waals surface area contributed by atoms with Gasteiger partial charge in [0.05, 0.1) is 0 Å². The molecule has 1 unspecified atom stereocenters. The van der Waals surface area contributed by atoms with Gasteiger partial charge in [-0.3, -0.25) is 9.78 Å². The van der Waals surface area contributed by atoms with Gasteiger partial charge in [-0.2, -0.15) is 0 Å². The van der Waals surface area contributed by atoms with Crippen LogP contribution >= 0.6 is 11.6 Å². The van der Waals surface area contributed by atoms with Crippen molar-refractivity contribution in [1.29, 1.82) is 0 Å². The Hall–Kier alpha value is -1.87. The van der Waals surface area contributed by atoms with Crippen molar-refractivity contribution < 1.29 is 4.79 Å². The predicted molar refractivity (Wildman–Crippen MR) is 95.3 cm³/mol. The second kappa shape index (κ2) is 6.56. The highest BCUT2D eigenvalue weighted by Gasteiger charge is 2.28. The summed E-state index contributed by atoms with van der Waals surface area (Å²) in [5, 5.41) is 3.82. The number of hydrogen-bond acceptors (Lipinski definition) is 2. The van der Waals surface area contributed by atoms with E-state index in [9.17, 15) is 4.79 Å². The van der Waals surface area contributed by atoms with Crippen LogP contribution in [-0.2, 0) is 4.79 Å². The number of aromatic nitrogens is 1. The number of carbonyl (C=O) groups is 1. The maximum absolute atomic E-state index is 11.5. The first-order valence-electron chi connectivity index (χ1n) is 8.70. The lowest BCUT2D eigenvalue weighted by molar-refractivity contribution is -0.119. The van der Waals surface area contributed by atoms with E-state index in [0.717, 1.165) is 29.5 Å². The lowest BCUT2D eigenvalue weighted by Crippen LogP contribution is -2.27. The van der Waals surface area contributed by atoms with Crippen molar-refractivity contribution in [1.82, 2.24) is 10.3 Å². The topological polar surface area (TPSA) is 42.0 Å². The summed E-state index contributed by atoms with van der Waals surface area (Å²) in [5.74, 6) is 1.06. The third-order valence-electron chi connectivity index (χ3n) is 5.09. The van der Waals surface area contributed by atoms with Crippen LogP contribution in [0.2, 0.25) is 5.02 Å². The van der Waals surface area contributed by atoms with Crippen molar-refractivity contribution in [2.24, 2.45) is 0 Å². The SMILES string of the molecule is O=C1CC[C@H](CC(c2ccc(Cl)cc2)c2ccc(C3CC3)cn2)N1. The van der Waals surface area contributed by atoms with E-state index in [1.807, 2.05) is 18.3 Å². The Morgan fingerprint density at radius 2 is 1.92 bits per heavy atom. The predicted octanol–water partition coefficient (Wildman–Crippen LogP) is 4.41. The number of rotatable bonds is 5. The van der Waals surface area contributed by atoms with E-state index in [1.54, 1.807) is 0 Å². The van der Waals surface area contributed by atoms with Crippen LogP contribution in [0.5, 0.6) is 0 Å². The highest BCUT2D eigenvalue weighted by atomic mass is 35.5. The molecule has 1 saturated heterocycles. The molecule has 124 valence electrons. The minimum atomic E-state index is 0.159. The van der Waals surface area contributed by atoms with E-state index in [0.29, 0.717) is 6.42 Å². The van der Waals surface area contributed by atoms with E-state index in [4.69, 9.17) is 16.6 Å². The fourth-order valence-electron chi connectivity index (χ4n) is 3.54. The van der Waals surface area contributed by atoms with Gasteiger partial charge in [-0.1, -0.05) is 29.8 Å². The zero-order valence-corrected chi connectivity index (χ0v) is 14.3. The molecule has 1 aliphatic heterocycles. The van der Waals surface area contributed by atoms with E-state index < -0.39 is 0 Å². The minimum absolute atomic E-state index is 0.159. The van der Waals surface area contributed by atoms with Gasteiger partial charge in [-0.05, 0) is 60.9 Å². The monoisotopic (exact) mass is 340 g/mol. The van der Waals surface area contributed by atoms with E-state index >= 15 is 0 Å². The molecule has 4 rings (SSSR count). The lowest BCUT2D eigenvalue weighted by Gasteiger charge is -2.21. The number of pyridine rings is 1. The Balaban J connectivity index is 1.60. The van der Waals surface area contributed by atoms with E-state index in [-0.39, 0.29) is 17.9 Å². The fraction of sp³-hybridized carbons (Fsp3) is 0.400. The first kappa shape index (κ1) is 15.6. The molecule has 2 aliphatic rings. The van der Waals surface area contributed by atoms with Crippen LogP contribution in [0, 0.1) is 0 Å². The summed E-state index contributed by atoms with van der Waals surface area (Å²) in [6.07, 6.45) is 7.02. The summed E-state index contributed by atoms with van der Waals surface area (Å²) in [6.45, 7) is 0. The number of benzene rings is 1. The number of carbonyl (C=O) groups excluding carboxylic acids is 1. The highest BCUT2D eigenvalue weighted by Crippen LogP contribution is 2.40. The molecule has 24 heavy (non-hydrogen) atoms. The second-order valence-electron chi connectivity index (χ2n) is 6.93. The molecule has 1 aromatic carbocycles. The number of nitrogens with one attached hydrogen (secondary N) is 1. The molecule has 0 radical (unpaired) electrons. The highest BCUT2D eigenvalue weighted by molar-refractivity contribution is 6.30. The lowest BCUT2D eigenvalue weighted by atomic mass is 9.88. The summed E-state index contributed by atoms with van der Waals surface area (Å²) in [5.41, 5.74) is 3.62. The number of halogens is 1. The largest absolute Gasteiger partial charge is 0.353 e. The van der Waals surface area contributed by atoms with Gasteiger partial charge in [-0.15, -0.1) is 0 Å². The van der Waals surface area contributed by atoms with Gasteiger partial charge in [0.2, 0.25) is 5.91 Å². The van der Waals surface area contributed by atoms with Crippen LogP contribution in [0.1, 0.15) is 60.8 Å². The van der Waals surface area contributed by atoms with Crippen molar-refractivity contribution in [3.05, 3.63) is 64.4 Å². The molecular weight excluding hydrogens is 320 g/mol. The molecule has 2 heterocycles. The van der Waals surface area contributed by atoms with Crippen LogP contribution in [0.4, 0.5) is 0 Å². The Bertz CT molecular complexity index is 722. The van der Waals surface area contributed by atoms with Crippen molar-refractivity contribution in [3.63, 3.8) is 0 Å². The average molecular weight is 341 g/mol. The summed E-state index contributed by atoms with van der Waals surface area (Å²) < 4.78 is 0. The molecular formula is C20H21ClN2O. The van der Waals surface area contributed by atoms with Crippen LogP contribution in [0.25, 0.3) is 0 Å². The van der Waals surface area contributed by atoms with Crippen molar-refractivity contribution >= 4 is 17.5 Å². The standard InChI is InChI=1S/C20H21ClN2O/c21-16-6-3-14(4-7-16)18(11-17-8-10-20(24)23-17)19-9-5-15(12-22-19)13-1-2-13/h3-7,9,12-13,17-18H,1-2,8,10-11H2,(H,23,24)/t17-,18?/m1/s1. The van der Waals surface area contributed by atoms with Crippen LogP contribution in [0.15, 0.2) is 42.6 Å². The second-order valence-corrected chi connectivity index (χ2v) is 7.37. The molecule has 2 fully saturated rings. The zero-order chi connectivity index (χ0) is 16.5.